The Kier molecular flexibility index (Phi) is 4.35. The van der Waals surface area contributed by atoms with Gasteiger partial charge in [-0.15, -0.1) is 0 Å². The largest absolute Gasteiger partial charge is 0.497 e. The fourth-order valence-electron chi connectivity index (χ4n) is 1.43. The van der Waals surface area contributed by atoms with Crippen molar-refractivity contribution in [2.24, 2.45) is 0 Å². The summed E-state index contributed by atoms with van der Waals surface area (Å²) in [6.07, 6.45) is 0. The van der Waals surface area contributed by atoms with Crippen molar-refractivity contribution in [3.63, 3.8) is 0 Å². The van der Waals surface area contributed by atoms with E-state index in [1.54, 1.807) is 31.4 Å². The van der Waals surface area contributed by atoms with Crippen LogP contribution < -0.4 is 9.47 Å². The minimum atomic E-state index is -0.701. The second kappa shape index (κ2) is 6.39. The lowest BCUT2D eigenvalue weighted by Crippen LogP contribution is -2.04. The van der Waals surface area contributed by atoms with E-state index in [1.165, 1.54) is 24.3 Å². The molecule has 2 aromatic carbocycles. The summed E-state index contributed by atoms with van der Waals surface area (Å²) >= 11 is 0. The molecule has 0 aliphatic heterocycles. The first-order valence-electron chi connectivity index (χ1n) is 5.81. The maximum Gasteiger partial charge on any atom is 0.390 e. The lowest BCUT2D eigenvalue weighted by molar-refractivity contribution is -0.128. The van der Waals surface area contributed by atoms with Crippen LogP contribution in [-0.2, 0) is 4.79 Å². The first-order valence-corrected chi connectivity index (χ1v) is 5.81. The predicted octanol–water partition coefficient (Wildman–Crippen LogP) is 2.79. The molecule has 0 amide bonds. The molecule has 0 aromatic heterocycles. The lowest BCUT2D eigenvalue weighted by Gasteiger charge is -1.99. The van der Waals surface area contributed by atoms with E-state index in [4.69, 9.17) is 9.47 Å². The van der Waals surface area contributed by atoms with Crippen LogP contribution in [0.25, 0.3) is 0 Å². The molecule has 0 unspecified atom stereocenters. The standard InChI is InChI=1S/C16H11FO3/c1-19-14-7-2-12(3-8-14)4-11-16(18)20-15-9-5-13(17)6-10-15/h2-3,5-10H,1H3. The molecule has 0 aliphatic rings. The van der Waals surface area contributed by atoms with Gasteiger partial charge >= 0.3 is 5.97 Å². The number of methoxy groups -OCH3 is 1. The number of halogens is 1. The van der Waals surface area contributed by atoms with Crippen LogP contribution in [0.15, 0.2) is 48.5 Å². The van der Waals surface area contributed by atoms with E-state index in [0.29, 0.717) is 11.3 Å². The Morgan fingerprint density at radius 2 is 1.60 bits per heavy atom. The Bertz CT molecular complexity index is 649. The fourth-order valence-corrected chi connectivity index (χ4v) is 1.43. The van der Waals surface area contributed by atoms with E-state index in [2.05, 4.69) is 11.8 Å². The van der Waals surface area contributed by atoms with Gasteiger partial charge in [0.05, 0.1) is 7.11 Å². The van der Waals surface area contributed by atoms with Gasteiger partial charge in [-0.3, -0.25) is 0 Å². The Morgan fingerprint density at radius 3 is 2.20 bits per heavy atom. The quantitative estimate of drug-likeness (QED) is 0.478. The number of ether oxygens (including phenoxy) is 2. The monoisotopic (exact) mass is 270 g/mol. The number of hydrogen-bond donors (Lipinski definition) is 0. The average molecular weight is 270 g/mol. The summed E-state index contributed by atoms with van der Waals surface area (Å²) in [5, 5.41) is 0. The molecule has 0 aliphatic carbocycles. The third kappa shape index (κ3) is 3.85. The van der Waals surface area contributed by atoms with Gasteiger partial charge in [-0.05, 0) is 48.5 Å². The first-order chi connectivity index (χ1) is 9.67. The summed E-state index contributed by atoms with van der Waals surface area (Å²) in [6, 6.07) is 12.1. The fraction of sp³-hybridized carbons (Fsp3) is 0.0625. The molecule has 0 radical (unpaired) electrons. The highest BCUT2D eigenvalue weighted by Gasteiger charge is 2.00. The second-order valence-electron chi connectivity index (χ2n) is 3.82. The molecule has 2 rings (SSSR count). The van der Waals surface area contributed by atoms with Gasteiger partial charge in [-0.2, -0.15) is 0 Å². The van der Waals surface area contributed by atoms with E-state index < -0.39 is 11.8 Å². The SMILES string of the molecule is COc1ccc(C#CC(=O)Oc2ccc(F)cc2)cc1. The zero-order valence-corrected chi connectivity index (χ0v) is 10.7. The van der Waals surface area contributed by atoms with E-state index in [9.17, 15) is 9.18 Å². The van der Waals surface area contributed by atoms with Crippen LogP contribution in [0, 0.1) is 17.7 Å². The summed E-state index contributed by atoms with van der Waals surface area (Å²) in [5.41, 5.74) is 0.668. The number of rotatable bonds is 2. The smallest absolute Gasteiger partial charge is 0.390 e. The van der Waals surface area contributed by atoms with Crippen molar-refractivity contribution in [1.29, 1.82) is 0 Å². The number of hydrogen-bond acceptors (Lipinski definition) is 3. The third-order valence-corrected chi connectivity index (χ3v) is 2.42. The van der Waals surface area contributed by atoms with Gasteiger partial charge in [0, 0.05) is 11.5 Å². The van der Waals surface area contributed by atoms with Crippen molar-refractivity contribution in [3.05, 3.63) is 59.9 Å². The van der Waals surface area contributed by atoms with Crippen LogP contribution in [0.3, 0.4) is 0 Å². The summed E-state index contributed by atoms with van der Waals surface area (Å²) in [4.78, 5) is 11.5. The average Bonchev–Trinajstić information content (AvgIpc) is 2.48. The molecule has 100 valence electrons. The van der Waals surface area contributed by atoms with Crippen LogP contribution in [0.4, 0.5) is 4.39 Å². The summed E-state index contributed by atoms with van der Waals surface area (Å²) in [5.74, 6) is 4.89. The number of benzene rings is 2. The third-order valence-electron chi connectivity index (χ3n) is 2.42. The first kappa shape index (κ1) is 13.6. The maximum absolute atomic E-state index is 12.7. The molecule has 20 heavy (non-hydrogen) atoms. The number of esters is 1. The summed E-state index contributed by atoms with van der Waals surface area (Å²) < 4.78 is 22.6. The highest BCUT2D eigenvalue weighted by Crippen LogP contribution is 2.12. The van der Waals surface area contributed by atoms with Gasteiger partial charge in [0.2, 0.25) is 0 Å². The number of carbonyl (C=O) groups excluding carboxylic acids is 1. The zero-order valence-electron chi connectivity index (χ0n) is 10.7. The predicted molar refractivity (Wildman–Crippen MR) is 71.9 cm³/mol. The minimum Gasteiger partial charge on any atom is -0.497 e. The molecule has 3 nitrogen and oxygen atoms in total. The van der Waals surface area contributed by atoms with Gasteiger partial charge in [0.1, 0.15) is 17.3 Å². The maximum atomic E-state index is 12.7. The van der Waals surface area contributed by atoms with Crippen LogP contribution in [-0.4, -0.2) is 13.1 Å². The molecular formula is C16H11FO3. The molecule has 0 saturated carbocycles. The molecule has 0 saturated heterocycles. The summed E-state index contributed by atoms with van der Waals surface area (Å²) in [7, 11) is 1.57. The van der Waals surface area contributed by atoms with E-state index in [0.717, 1.165) is 0 Å². The van der Waals surface area contributed by atoms with Gasteiger partial charge in [0.25, 0.3) is 0 Å². The topological polar surface area (TPSA) is 35.5 Å². The van der Waals surface area contributed by atoms with E-state index in [1.807, 2.05) is 0 Å². The van der Waals surface area contributed by atoms with Crippen molar-refractivity contribution >= 4 is 5.97 Å². The molecule has 0 fully saturated rings. The van der Waals surface area contributed by atoms with E-state index >= 15 is 0 Å². The molecular weight excluding hydrogens is 259 g/mol. The molecule has 2 aromatic rings. The van der Waals surface area contributed by atoms with Gasteiger partial charge in [-0.25, -0.2) is 9.18 Å². The van der Waals surface area contributed by atoms with Crippen molar-refractivity contribution in [3.8, 4) is 23.3 Å². The van der Waals surface area contributed by atoms with E-state index in [-0.39, 0.29) is 5.75 Å². The second-order valence-corrected chi connectivity index (χ2v) is 3.82. The Balaban J connectivity index is 2.00. The Hall–Kier alpha value is -2.80. The molecule has 0 atom stereocenters. The van der Waals surface area contributed by atoms with Crippen LogP contribution in [0.5, 0.6) is 11.5 Å². The van der Waals surface area contributed by atoms with Crippen molar-refractivity contribution in [1.82, 2.24) is 0 Å². The van der Waals surface area contributed by atoms with Crippen molar-refractivity contribution in [2.45, 2.75) is 0 Å². The molecule has 0 heterocycles. The highest BCUT2D eigenvalue weighted by atomic mass is 19.1. The minimum absolute atomic E-state index is 0.250. The zero-order chi connectivity index (χ0) is 14.4. The van der Waals surface area contributed by atoms with Crippen LogP contribution in [0.1, 0.15) is 5.56 Å². The molecule has 0 N–H and O–H groups in total. The van der Waals surface area contributed by atoms with Crippen molar-refractivity contribution in [2.75, 3.05) is 7.11 Å². The molecule has 0 spiro atoms. The normalized spacial score (nSPS) is 9.30. The lowest BCUT2D eigenvalue weighted by atomic mass is 10.2. The van der Waals surface area contributed by atoms with Gasteiger partial charge < -0.3 is 9.47 Å². The number of carbonyl (C=O) groups is 1. The van der Waals surface area contributed by atoms with Crippen LogP contribution in [0.2, 0.25) is 0 Å². The molecule has 4 heteroatoms. The Morgan fingerprint density at radius 1 is 1.00 bits per heavy atom. The Labute approximate surface area is 116 Å². The molecule has 0 bridgehead atoms. The highest BCUT2D eigenvalue weighted by molar-refractivity contribution is 5.90. The van der Waals surface area contributed by atoms with Crippen molar-refractivity contribution < 1.29 is 18.7 Å². The van der Waals surface area contributed by atoms with Gasteiger partial charge in [-0.1, -0.05) is 5.92 Å². The summed E-state index contributed by atoms with van der Waals surface area (Å²) in [6.45, 7) is 0. The van der Waals surface area contributed by atoms with Gasteiger partial charge in [0.15, 0.2) is 0 Å². The van der Waals surface area contributed by atoms with Crippen LogP contribution >= 0.6 is 0 Å².